The summed E-state index contributed by atoms with van der Waals surface area (Å²) in [6.45, 7) is 1.86. The molecule has 3 atom stereocenters. The second kappa shape index (κ2) is 6.78. The molecule has 3 N–H and O–H groups in total. The molecule has 118 valence electrons. The summed E-state index contributed by atoms with van der Waals surface area (Å²) in [5, 5.41) is 14.6. The number of carbonyl (C=O) groups excluding carboxylic acids is 2. The molecule has 0 aromatic heterocycles. The minimum atomic E-state index is -1.10. The van der Waals surface area contributed by atoms with Gasteiger partial charge in [-0.15, -0.1) is 0 Å². The summed E-state index contributed by atoms with van der Waals surface area (Å²) in [5.74, 6) is -0.983. The first-order valence-electron chi connectivity index (χ1n) is 7.59. The standard InChI is InChI=1S/C14H23N3O4/c1-2-9-5-3-4-6-10(9)16-14(21)17-8-12(18)15-7-11(17)13(19)20/h9-11H,2-8H2,1H3,(H,15,18)(H,16,21)(H,19,20). The quantitative estimate of drug-likeness (QED) is 0.708. The Bertz CT molecular complexity index is 426. The molecule has 0 aromatic carbocycles. The van der Waals surface area contributed by atoms with Crippen molar-refractivity contribution in [2.45, 2.75) is 51.1 Å². The minimum Gasteiger partial charge on any atom is -0.480 e. The normalized spacial score (nSPS) is 29.7. The van der Waals surface area contributed by atoms with Crippen molar-refractivity contribution < 1.29 is 19.5 Å². The minimum absolute atomic E-state index is 0.0382. The van der Waals surface area contributed by atoms with Crippen molar-refractivity contribution in [3.8, 4) is 0 Å². The molecule has 1 aliphatic carbocycles. The summed E-state index contributed by atoms with van der Waals surface area (Å²) in [5.41, 5.74) is 0. The van der Waals surface area contributed by atoms with Crippen LogP contribution in [0, 0.1) is 5.92 Å². The number of nitrogens with zero attached hydrogens (tertiary/aromatic N) is 1. The first-order chi connectivity index (χ1) is 10.0. The smallest absolute Gasteiger partial charge is 0.328 e. The van der Waals surface area contributed by atoms with E-state index in [9.17, 15) is 19.5 Å². The number of nitrogens with one attached hydrogen (secondary N) is 2. The fraction of sp³-hybridized carbons (Fsp3) is 0.786. The predicted octanol–water partition coefficient (Wildman–Crippen LogP) is 0.550. The number of urea groups is 1. The highest BCUT2D eigenvalue weighted by atomic mass is 16.4. The summed E-state index contributed by atoms with van der Waals surface area (Å²) in [6.07, 6.45) is 5.25. The van der Waals surface area contributed by atoms with Gasteiger partial charge in [0.25, 0.3) is 0 Å². The van der Waals surface area contributed by atoms with Gasteiger partial charge in [0.05, 0.1) is 0 Å². The van der Waals surface area contributed by atoms with Gasteiger partial charge in [-0.25, -0.2) is 9.59 Å². The third-order valence-electron chi connectivity index (χ3n) is 4.47. The van der Waals surface area contributed by atoms with E-state index in [1.165, 1.54) is 6.42 Å². The zero-order valence-electron chi connectivity index (χ0n) is 12.3. The lowest BCUT2D eigenvalue weighted by Crippen LogP contribution is -2.62. The lowest BCUT2D eigenvalue weighted by molar-refractivity contribution is -0.144. The monoisotopic (exact) mass is 297 g/mol. The van der Waals surface area contributed by atoms with Crippen LogP contribution in [-0.4, -0.2) is 53.1 Å². The molecule has 2 fully saturated rings. The van der Waals surface area contributed by atoms with Crippen LogP contribution in [0.4, 0.5) is 4.79 Å². The van der Waals surface area contributed by atoms with Crippen LogP contribution in [0.1, 0.15) is 39.0 Å². The number of carbonyl (C=O) groups is 3. The summed E-state index contributed by atoms with van der Waals surface area (Å²) >= 11 is 0. The number of carboxylic acid groups (broad SMARTS) is 1. The third-order valence-corrected chi connectivity index (χ3v) is 4.47. The molecule has 3 amide bonds. The Morgan fingerprint density at radius 2 is 2.10 bits per heavy atom. The van der Waals surface area contributed by atoms with Gasteiger partial charge in [0.15, 0.2) is 0 Å². The van der Waals surface area contributed by atoms with Gasteiger partial charge in [0.2, 0.25) is 5.91 Å². The van der Waals surface area contributed by atoms with Crippen molar-refractivity contribution in [1.82, 2.24) is 15.5 Å². The van der Waals surface area contributed by atoms with Crippen molar-refractivity contribution in [2.24, 2.45) is 5.92 Å². The Kier molecular flexibility index (Phi) is 5.03. The van der Waals surface area contributed by atoms with Crippen LogP contribution in [0.25, 0.3) is 0 Å². The van der Waals surface area contributed by atoms with Gasteiger partial charge in [-0.3, -0.25) is 9.69 Å². The van der Waals surface area contributed by atoms with Gasteiger partial charge in [0, 0.05) is 12.6 Å². The molecule has 2 aliphatic rings. The Hall–Kier alpha value is -1.79. The second-order valence-corrected chi connectivity index (χ2v) is 5.79. The molecule has 1 heterocycles. The van der Waals surface area contributed by atoms with Crippen molar-refractivity contribution in [2.75, 3.05) is 13.1 Å². The zero-order valence-corrected chi connectivity index (χ0v) is 12.3. The molecular weight excluding hydrogens is 274 g/mol. The molecule has 0 radical (unpaired) electrons. The van der Waals surface area contributed by atoms with Gasteiger partial charge in [-0.05, 0) is 18.8 Å². The van der Waals surface area contributed by atoms with E-state index in [1.807, 2.05) is 0 Å². The lowest BCUT2D eigenvalue weighted by Gasteiger charge is -2.37. The Morgan fingerprint density at radius 3 is 2.76 bits per heavy atom. The van der Waals surface area contributed by atoms with Gasteiger partial charge in [0.1, 0.15) is 12.6 Å². The third kappa shape index (κ3) is 3.65. The maximum atomic E-state index is 12.4. The van der Waals surface area contributed by atoms with Crippen LogP contribution in [0.2, 0.25) is 0 Å². The number of carboxylic acids is 1. The molecule has 0 aromatic rings. The molecule has 3 unspecified atom stereocenters. The van der Waals surface area contributed by atoms with Crippen LogP contribution in [-0.2, 0) is 9.59 Å². The van der Waals surface area contributed by atoms with Gasteiger partial charge >= 0.3 is 12.0 Å². The highest BCUT2D eigenvalue weighted by molar-refractivity contribution is 5.90. The average molecular weight is 297 g/mol. The molecule has 1 saturated heterocycles. The fourth-order valence-corrected chi connectivity index (χ4v) is 3.20. The Morgan fingerprint density at radius 1 is 1.38 bits per heavy atom. The van der Waals surface area contributed by atoms with E-state index in [1.54, 1.807) is 0 Å². The number of aliphatic carboxylic acids is 1. The molecule has 0 spiro atoms. The van der Waals surface area contributed by atoms with Crippen molar-refractivity contribution in [3.63, 3.8) is 0 Å². The molecule has 1 aliphatic heterocycles. The molecule has 21 heavy (non-hydrogen) atoms. The topological polar surface area (TPSA) is 98.7 Å². The van der Waals surface area contributed by atoms with Crippen molar-refractivity contribution in [3.05, 3.63) is 0 Å². The molecular formula is C14H23N3O4. The SMILES string of the molecule is CCC1CCCCC1NC(=O)N1CC(=O)NCC1C(=O)O. The molecule has 1 saturated carbocycles. The second-order valence-electron chi connectivity index (χ2n) is 5.79. The molecule has 7 nitrogen and oxygen atoms in total. The number of amides is 3. The highest BCUT2D eigenvalue weighted by Crippen LogP contribution is 2.27. The van der Waals surface area contributed by atoms with E-state index < -0.39 is 18.0 Å². The maximum Gasteiger partial charge on any atom is 0.328 e. The number of piperazine rings is 1. The first-order valence-corrected chi connectivity index (χ1v) is 7.59. The summed E-state index contributed by atoms with van der Waals surface area (Å²) < 4.78 is 0. The van der Waals surface area contributed by atoms with Gasteiger partial charge < -0.3 is 15.7 Å². The van der Waals surface area contributed by atoms with E-state index in [0.717, 1.165) is 30.6 Å². The fourth-order valence-electron chi connectivity index (χ4n) is 3.20. The van der Waals surface area contributed by atoms with Crippen LogP contribution in [0.15, 0.2) is 0 Å². The van der Waals surface area contributed by atoms with E-state index in [0.29, 0.717) is 5.92 Å². The van der Waals surface area contributed by atoms with Crippen LogP contribution in [0.3, 0.4) is 0 Å². The summed E-state index contributed by atoms with van der Waals surface area (Å²) in [7, 11) is 0. The summed E-state index contributed by atoms with van der Waals surface area (Å²) in [4.78, 5) is 36.1. The highest BCUT2D eigenvalue weighted by Gasteiger charge is 2.36. The Balaban J connectivity index is 2.02. The predicted molar refractivity (Wildman–Crippen MR) is 75.7 cm³/mol. The van der Waals surface area contributed by atoms with Gasteiger partial charge in [-0.2, -0.15) is 0 Å². The van der Waals surface area contributed by atoms with Crippen molar-refractivity contribution >= 4 is 17.9 Å². The summed E-state index contributed by atoms with van der Waals surface area (Å²) in [6, 6.07) is -1.36. The van der Waals surface area contributed by atoms with E-state index in [2.05, 4.69) is 17.6 Å². The molecule has 0 bridgehead atoms. The first kappa shape index (κ1) is 15.6. The van der Waals surface area contributed by atoms with E-state index in [-0.39, 0.29) is 25.0 Å². The number of hydrogen-bond donors (Lipinski definition) is 3. The van der Waals surface area contributed by atoms with Crippen molar-refractivity contribution in [1.29, 1.82) is 0 Å². The zero-order chi connectivity index (χ0) is 15.4. The van der Waals surface area contributed by atoms with E-state index >= 15 is 0 Å². The Labute approximate surface area is 124 Å². The molecule has 7 heteroatoms. The lowest BCUT2D eigenvalue weighted by atomic mass is 9.83. The van der Waals surface area contributed by atoms with Crippen LogP contribution < -0.4 is 10.6 Å². The molecule has 2 rings (SSSR count). The maximum absolute atomic E-state index is 12.4. The largest absolute Gasteiger partial charge is 0.480 e. The van der Waals surface area contributed by atoms with Crippen LogP contribution in [0.5, 0.6) is 0 Å². The van der Waals surface area contributed by atoms with Gasteiger partial charge in [-0.1, -0.05) is 26.2 Å². The van der Waals surface area contributed by atoms with Crippen LogP contribution >= 0.6 is 0 Å². The van der Waals surface area contributed by atoms with E-state index in [4.69, 9.17) is 0 Å². The number of rotatable bonds is 3. The number of hydrogen-bond acceptors (Lipinski definition) is 3. The average Bonchev–Trinajstić information content (AvgIpc) is 2.47.